The Labute approximate surface area is 181 Å². The smallest absolute Gasteiger partial charge is 0.242 e. The van der Waals surface area contributed by atoms with Gasteiger partial charge < -0.3 is 24.0 Å². The Hall–Kier alpha value is -2.58. The van der Waals surface area contributed by atoms with Crippen molar-refractivity contribution >= 4 is 23.2 Å². The minimum absolute atomic E-state index is 0.0259. The van der Waals surface area contributed by atoms with Crippen LogP contribution in [0.2, 0.25) is 0 Å². The van der Waals surface area contributed by atoms with Crippen molar-refractivity contribution in [1.82, 2.24) is 9.80 Å². The van der Waals surface area contributed by atoms with E-state index in [0.29, 0.717) is 44.2 Å². The number of carbonyl (C=O) groups excluding carboxylic acids is 2. The zero-order valence-corrected chi connectivity index (χ0v) is 18.3. The van der Waals surface area contributed by atoms with Gasteiger partial charge in [-0.25, -0.2) is 0 Å². The van der Waals surface area contributed by atoms with Crippen molar-refractivity contribution in [2.24, 2.45) is 0 Å². The summed E-state index contributed by atoms with van der Waals surface area (Å²) in [5.41, 5.74) is 0.951. The van der Waals surface area contributed by atoms with Gasteiger partial charge in [0, 0.05) is 31.5 Å². The summed E-state index contributed by atoms with van der Waals surface area (Å²) >= 11 is 1.61. The Bertz CT molecular complexity index is 840. The largest absolute Gasteiger partial charge is 0.454 e. The molecule has 2 aromatic rings. The lowest BCUT2D eigenvalue weighted by Crippen LogP contribution is -2.43. The number of thiophene rings is 1. The van der Waals surface area contributed by atoms with E-state index in [1.54, 1.807) is 28.2 Å². The van der Waals surface area contributed by atoms with Crippen LogP contribution in [-0.4, -0.2) is 55.2 Å². The van der Waals surface area contributed by atoms with Gasteiger partial charge in [0.1, 0.15) is 0 Å². The molecule has 0 spiro atoms. The molecular weight excluding hydrogens is 404 g/mol. The van der Waals surface area contributed by atoms with Crippen LogP contribution < -0.4 is 9.47 Å². The predicted molar refractivity (Wildman–Crippen MR) is 115 cm³/mol. The van der Waals surface area contributed by atoms with Gasteiger partial charge in [-0.3, -0.25) is 9.59 Å². The van der Waals surface area contributed by atoms with Gasteiger partial charge in [-0.2, -0.15) is 0 Å². The fourth-order valence-electron chi connectivity index (χ4n) is 3.21. The van der Waals surface area contributed by atoms with Gasteiger partial charge in [-0.1, -0.05) is 19.1 Å². The van der Waals surface area contributed by atoms with Crippen LogP contribution in [0.15, 0.2) is 35.7 Å². The van der Waals surface area contributed by atoms with E-state index in [2.05, 4.69) is 0 Å². The van der Waals surface area contributed by atoms with Crippen LogP contribution in [-0.2, 0) is 27.4 Å². The van der Waals surface area contributed by atoms with Crippen molar-refractivity contribution < 1.29 is 23.8 Å². The first-order chi connectivity index (χ1) is 14.6. The number of nitrogens with zero attached hydrogens (tertiary/aromatic N) is 2. The SMILES string of the molecule is CCCC(=O)N(CCOC)CC(=O)N(Cc1ccc2c(c1)OCO2)Cc1cccs1. The van der Waals surface area contributed by atoms with E-state index >= 15 is 0 Å². The van der Waals surface area contributed by atoms with Crippen molar-refractivity contribution in [2.75, 3.05) is 33.6 Å². The second-order valence-corrected chi connectivity index (χ2v) is 8.11. The fourth-order valence-corrected chi connectivity index (χ4v) is 3.93. The molecule has 0 saturated carbocycles. The van der Waals surface area contributed by atoms with Crippen LogP contribution in [0.3, 0.4) is 0 Å². The summed E-state index contributed by atoms with van der Waals surface area (Å²) in [6, 6.07) is 9.69. The molecule has 162 valence electrons. The number of fused-ring (bicyclic) bond motifs is 1. The number of hydrogen-bond donors (Lipinski definition) is 0. The Morgan fingerprint density at radius 3 is 2.67 bits per heavy atom. The summed E-state index contributed by atoms with van der Waals surface area (Å²) < 4.78 is 16.0. The summed E-state index contributed by atoms with van der Waals surface area (Å²) in [6.45, 7) is 3.92. The van der Waals surface area contributed by atoms with Gasteiger partial charge in [-0.15, -0.1) is 11.3 Å². The zero-order valence-electron chi connectivity index (χ0n) is 17.5. The molecule has 1 aromatic heterocycles. The molecule has 0 radical (unpaired) electrons. The number of rotatable bonds is 11. The van der Waals surface area contributed by atoms with Crippen molar-refractivity contribution in [3.8, 4) is 11.5 Å². The highest BCUT2D eigenvalue weighted by Crippen LogP contribution is 2.33. The lowest BCUT2D eigenvalue weighted by atomic mass is 10.2. The lowest BCUT2D eigenvalue weighted by Gasteiger charge is -2.27. The van der Waals surface area contributed by atoms with E-state index in [9.17, 15) is 9.59 Å². The fraction of sp³-hybridized carbons (Fsp3) is 0.455. The normalized spacial score (nSPS) is 12.1. The van der Waals surface area contributed by atoms with Gasteiger partial charge in [0.25, 0.3) is 0 Å². The topological polar surface area (TPSA) is 68.3 Å². The highest BCUT2D eigenvalue weighted by Gasteiger charge is 2.22. The minimum Gasteiger partial charge on any atom is -0.454 e. The molecule has 2 amide bonds. The van der Waals surface area contributed by atoms with Crippen LogP contribution in [0.25, 0.3) is 0 Å². The Morgan fingerprint density at radius 1 is 1.10 bits per heavy atom. The molecule has 0 aliphatic carbocycles. The molecule has 30 heavy (non-hydrogen) atoms. The molecule has 0 saturated heterocycles. The first-order valence-corrected chi connectivity index (χ1v) is 10.9. The van der Waals surface area contributed by atoms with Crippen molar-refractivity contribution in [3.05, 3.63) is 46.2 Å². The van der Waals surface area contributed by atoms with Gasteiger partial charge in [0.15, 0.2) is 11.5 Å². The third-order valence-electron chi connectivity index (χ3n) is 4.80. The average molecular weight is 433 g/mol. The number of benzene rings is 1. The summed E-state index contributed by atoms with van der Waals surface area (Å²) in [4.78, 5) is 30.2. The minimum atomic E-state index is -0.0957. The molecule has 0 atom stereocenters. The molecule has 0 bridgehead atoms. The molecule has 3 rings (SSSR count). The van der Waals surface area contributed by atoms with E-state index in [-0.39, 0.29) is 25.2 Å². The molecule has 0 fully saturated rings. The molecule has 8 heteroatoms. The van der Waals surface area contributed by atoms with Gasteiger partial charge in [0.2, 0.25) is 18.6 Å². The molecule has 1 aliphatic heterocycles. The Balaban J connectivity index is 1.74. The number of hydrogen-bond acceptors (Lipinski definition) is 6. The number of ether oxygens (including phenoxy) is 3. The molecule has 1 aromatic carbocycles. The van der Waals surface area contributed by atoms with Gasteiger partial charge in [0.05, 0.1) is 19.7 Å². The Kier molecular flexibility index (Phi) is 8.10. The zero-order chi connectivity index (χ0) is 21.3. The van der Waals surface area contributed by atoms with Crippen LogP contribution in [0.5, 0.6) is 11.5 Å². The average Bonchev–Trinajstić information content (AvgIpc) is 3.42. The molecular formula is C22H28N2O5S. The summed E-state index contributed by atoms with van der Waals surface area (Å²) in [6.07, 6.45) is 1.16. The van der Waals surface area contributed by atoms with E-state index in [1.165, 1.54) is 0 Å². The summed E-state index contributed by atoms with van der Waals surface area (Å²) in [7, 11) is 1.59. The second-order valence-electron chi connectivity index (χ2n) is 7.07. The van der Waals surface area contributed by atoms with E-state index in [0.717, 1.165) is 16.9 Å². The molecule has 7 nitrogen and oxygen atoms in total. The molecule has 1 aliphatic rings. The first-order valence-electron chi connectivity index (χ1n) is 10.1. The standard InChI is InChI=1S/C22H28N2O5S/c1-3-5-21(25)23(9-10-27-2)15-22(26)24(14-18-6-4-11-30-18)13-17-7-8-19-20(12-17)29-16-28-19/h4,6-8,11-12H,3,5,9-10,13-16H2,1-2H3. The van der Waals surface area contributed by atoms with Gasteiger partial charge >= 0.3 is 0 Å². The van der Waals surface area contributed by atoms with Crippen molar-refractivity contribution in [2.45, 2.75) is 32.9 Å². The van der Waals surface area contributed by atoms with Crippen LogP contribution in [0, 0.1) is 0 Å². The highest BCUT2D eigenvalue weighted by molar-refractivity contribution is 7.09. The van der Waals surface area contributed by atoms with Crippen LogP contribution >= 0.6 is 11.3 Å². The number of methoxy groups -OCH3 is 1. The van der Waals surface area contributed by atoms with Crippen LogP contribution in [0.1, 0.15) is 30.2 Å². The van der Waals surface area contributed by atoms with Crippen LogP contribution in [0.4, 0.5) is 0 Å². The van der Waals surface area contributed by atoms with Gasteiger partial charge in [-0.05, 0) is 35.6 Å². The number of carbonyl (C=O) groups is 2. The van der Waals surface area contributed by atoms with Crippen molar-refractivity contribution in [1.29, 1.82) is 0 Å². The predicted octanol–water partition coefficient (Wildman–Crippen LogP) is 3.28. The summed E-state index contributed by atoms with van der Waals surface area (Å²) in [5, 5.41) is 1.99. The molecule has 0 N–H and O–H groups in total. The maximum atomic E-state index is 13.2. The maximum absolute atomic E-state index is 13.2. The molecule has 2 heterocycles. The Morgan fingerprint density at radius 2 is 1.93 bits per heavy atom. The monoisotopic (exact) mass is 432 g/mol. The summed E-state index contributed by atoms with van der Waals surface area (Å²) in [5.74, 6) is 1.28. The van der Waals surface area contributed by atoms with E-state index < -0.39 is 0 Å². The quantitative estimate of drug-likeness (QED) is 0.545. The van der Waals surface area contributed by atoms with Crippen molar-refractivity contribution in [3.63, 3.8) is 0 Å². The maximum Gasteiger partial charge on any atom is 0.242 e. The highest BCUT2D eigenvalue weighted by atomic mass is 32.1. The third-order valence-corrected chi connectivity index (χ3v) is 5.66. The first kappa shape index (κ1) is 22.1. The molecule has 0 unspecified atom stereocenters. The second kappa shape index (κ2) is 11.0. The lowest BCUT2D eigenvalue weighted by molar-refractivity contribution is -0.141. The number of amides is 2. The third kappa shape index (κ3) is 5.96. The van der Waals surface area contributed by atoms with E-state index in [4.69, 9.17) is 14.2 Å². The van der Waals surface area contributed by atoms with E-state index in [1.807, 2.05) is 42.6 Å².